The molecule has 3 nitrogen and oxygen atoms in total. The van der Waals surface area contributed by atoms with Gasteiger partial charge in [0.15, 0.2) is 5.13 Å². The number of hydrogen-bond acceptors (Lipinski definition) is 4. The van der Waals surface area contributed by atoms with Crippen molar-refractivity contribution in [3.8, 4) is 16.5 Å². The van der Waals surface area contributed by atoms with Crippen LogP contribution in [0.25, 0.3) is 10.4 Å². The lowest BCUT2D eigenvalue weighted by Crippen LogP contribution is -2.07. The van der Waals surface area contributed by atoms with Crippen LogP contribution in [0.1, 0.15) is 19.4 Å². The summed E-state index contributed by atoms with van der Waals surface area (Å²) in [7, 11) is 0. The Morgan fingerprint density at radius 3 is 2.89 bits per heavy atom. The van der Waals surface area contributed by atoms with Gasteiger partial charge in [-0.25, -0.2) is 4.98 Å². The molecule has 4 heteroatoms. The van der Waals surface area contributed by atoms with Crippen molar-refractivity contribution in [2.24, 2.45) is 5.92 Å². The second-order valence-corrected chi connectivity index (χ2v) is 5.49. The third kappa shape index (κ3) is 2.88. The van der Waals surface area contributed by atoms with Crippen LogP contribution in [0.5, 0.6) is 0 Å². The minimum absolute atomic E-state index is 0.587. The summed E-state index contributed by atoms with van der Waals surface area (Å²) < 4.78 is 0. The van der Waals surface area contributed by atoms with E-state index >= 15 is 0 Å². The molecule has 2 aromatic rings. The molecular weight excluding hydrogens is 242 g/mol. The number of anilines is 1. The molecule has 1 heterocycles. The second-order valence-electron chi connectivity index (χ2n) is 4.46. The maximum Gasteiger partial charge on any atom is 0.183 e. The van der Waals surface area contributed by atoms with Crippen molar-refractivity contribution < 1.29 is 0 Å². The summed E-state index contributed by atoms with van der Waals surface area (Å²) in [5.41, 5.74) is 1.65. The molecule has 92 valence electrons. The molecule has 0 aliphatic carbocycles. The zero-order chi connectivity index (χ0) is 13.0. The Hall–Kier alpha value is -1.86. The summed E-state index contributed by atoms with van der Waals surface area (Å²) in [6, 6.07) is 9.82. The molecule has 2 rings (SSSR count). The number of hydrogen-bond donors (Lipinski definition) is 1. The van der Waals surface area contributed by atoms with Gasteiger partial charge in [0.1, 0.15) is 0 Å². The molecule has 18 heavy (non-hydrogen) atoms. The minimum Gasteiger partial charge on any atom is -0.361 e. The molecule has 0 amide bonds. The Kier molecular flexibility index (Phi) is 3.96. The molecule has 0 aliphatic rings. The summed E-state index contributed by atoms with van der Waals surface area (Å²) in [4.78, 5) is 5.36. The zero-order valence-corrected chi connectivity index (χ0v) is 11.3. The smallest absolute Gasteiger partial charge is 0.183 e. The number of thiazole rings is 1. The number of aromatic nitrogens is 1. The third-order valence-electron chi connectivity index (χ3n) is 2.48. The third-order valence-corrected chi connectivity index (χ3v) is 3.47. The van der Waals surface area contributed by atoms with Crippen LogP contribution in [-0.2, 0) is 0 Å². The summed E-state index contributed by atoms with van der Waals surface area (Å²) in [6.45, 7) is 5.23. The fourth-order valence-corrected chi connectivity index (χ4v) is 2.43. The first-order valence-corrected chi connectivity index (χ1v) is 6.71. The van der Waals surface area contributed by atoms with E-state index in [0.717, 1.165) is 22.1 Å². The van der Waals surface area contributed by atoms with Gasteiger partial charge in [-0.1, -0.05) is 43.4 Å². The Balaban J connectivity index is 2.22. The van der Waals surface area contributed by atoms with Gasteiger partial charge in [-0.05, 0) is 12.0 Å². The van der Waals surface area contributed by atoms with Crippen molar-refractivity contribution in [1.29, 1.82) is 5.26 Å². The number of nitrogens with one attached hydrogen (secondary N) is 1. The van der Waals surface area contributed by atoms with Crippen molar-refractivity contribution in [3.63, 3.8) is 0 Å². The van der Waals surface area contributed by atoms with E-state index < -0.39 is 0 Å². The molecular formula is C14H15N3S. The minimum atomic E-state index is 0.587. The fourth-order valence-electron chi connectivity index (χ4n) is 1.57. The van der Waals surface area contributed by atoms with Gasteiger partial charge in [-0.3, -0.25) is 0 Å². The van der Waals surface area contributed by atoms with Gasteiger partial charge in [0, 0.05) is 18.3 Å². The predicted molar refractivity (Wildman–Crippen MR) is 75.6 cm³/mol. The molecule has 0 unspecified atom stereocenters. The highest BCUT2D eigenvalue weighted by molar-refractivity contribution is 7.18. The molecule has 0 bridgehead atoms. The van der Waals surface area contributed by atoms with E-state index in [4.69, 9.17) is 5.26 Å². The van der Waals surface area contributed by atoms with Crippen LogP contribution in [0.15, 0.2) is 30.5 Å². The number of nitriles is 1. The molecule has 0 aliphatic heterocycles. The van der Waals surface area contributed by atoms with Crippen LogP contribution in [0.3, 0.4) is 0 Å². The Morgan fingerprint density at radius 1 is 1.39 bits per heavy atom. The van der Waals surface area contributed by atoms with Crippen LogP contribution in [0.4, 0.5) is 5.13 Å². The summed E-state index contributed by atoms with van der Waals surface area (Å²) >= 11 is 1.58. The van der Waals surface area contributed by atoms with Gasteiger partial charge in [-0.2, -0.15) is 5.26 Å². The fraction of sp³-hybridized carbons (Fsp3) is 0.286. The van der Waals surface area contributed by atoms with E-state index in [0.29, 0.717) is 11.5 Å². The molecule has 1 aromatic heterocycles. The van der Waals surface area contributed by atoms with Gasteiger partial charge in [0.05, 0.1) is 16.5 Å². The summed E-state index contributed by atoms with van der Waals surface area (Å²) in [6.07, 6.45) is 1.82. The van der Waals surface area contributed by atoms with Crippen LogP contribution in [-0.4, -0.2) is 11.5 Å². The van der Waals surface area contributed by atoms with Crippen LogP contribution < -0.4 is 5.32 Å². The van der Waals surface area contributed by atoms with Crippen molar-refractivity contribution in [2.75, 3.05) is 11.9 Å². The van der Waals surface area contributed by atoms with E-state index in [2.05, 4.69) is 30.2 Å². The van der Waals surface area contributed by atoms with Gasteiger partial charge >= 0.3 is 0 Å². The van der Waals surface area contributed by atoms with Gasteiger partial charge < -0.3 is 5.32 Å². The highest BCUT2D eigenvalue weighted by Crippen LogP contribution is 2.31. The Labute approximate surface area is 111 Å². The maximum atomic E-state index is 9.08. The van der Waals surface area contributed by atoms with E-state index in [1.807, 2.05) is 30.5 Å². The largest absolute Gasteiger partial charge is 0.361 e. The average Bonchev–Trinajstić information content (AvgIpc) is 2.85. The Morgan fingerprint density at radius 2 is 2.17 bits per heavy atom. The highest BCUT2D eigenvalue weighted by atomic mass is 32.1. The molecule has 1 aromatic carbocycles. The SMILES string of the molecule is CC(C)CNc1ncc(-c2ccccc2C#N)s1. The quantitative estimate of drug-likeness (QED) is 0.907. The standard InChI is InChI=1S/C14H15N3S/c1-10(2)8-16-14-17-9-13(18-14)12-6-4-3-5-11(12)7-15/h3-6,9-10H,8H2,1-2H3,(H,16,17). The monoisotopic (exact) mass is 257 g/mol. The zero-order valence-electron chi connectivity index (χ0n) is 10.5. The predicted octanol–water partition coefficient (Wildman–Crippen LogP) is 3.75. The van der Waals surface area contributed by atoms with Gasteiger partial charge in [0.2, 0.25) is 0 Å². The van der Waals surface area contributed by atoms with E-state index in [1.54, 1.807) is 11.3 Å². The highest BCUT2D eigenvalue weighted by Gasteiger charge is 2.08. The molecule has 1 N–H and O–H groups in total. The summed E-state index contributed by atoms with van der Waals surface area (Å²) in [5, 5.41) is 13.3. The molecule has 0 spiro atoms. The Bertz CT molecular complexity index is 566. The lowest BCUT2D eigenvalue weighted by atomic mass is 10.1. The summed E-state index contributed by atoms with van der Waals surface area (Å²) in [5.74, 6) is 0.587. The van der Waals surface area contributed by atoms with Gasteiger partial charge in [0.25, 0.3) is 0 Å². The molecule has 0 saturated carbocycles. The topological polar surface area (TPSA) is 48.7 Å². The average molecular weight is 257 g/mol. The van der Waals surface area contributed by atoms with Crippen molar-refractivity contribution in [3.05, 3.63) is 36.0 Å². The first-order valence-electron chi connectivity index (χ1n) is 5.90. The van der Waals surface area contributed by atoms with Crippen LogP contribution >= 0.6 is 11.3 Å². The molecule has 0 fully saturated rings. The second kappa shape index (κ2) is 5.65. The van der Waals surface area contributed by atoms with Crippen LogP contribution in [0, 0.1) is 17.2 Å². The van der Waals surface area contributed by atoms with Crippen LogP contribution in [0.2, 0.25) is 0 Å². The first kappa shape index (κ1) is 12.6. The van der Waals surface area contributed by atoms with Crippen molar-refractivity contribution >= 4 is 16.5 Å². The first-order chi connectivity index (χ1) is 8.70. The van der Waals surface area contributed by atoms with Crippen molar-refractivity contribution in [2.45, 2.75) is 13.8 Å². The number of benzene rings is 1. The van der Waals surface area contributed by atoms with E-state index in [1.165, 1.54) is 0 Å². The van der Waals surface area contributed by atoms with E-state index in [-0.39, 0.29) is 0 Å². The maximum absolute atomic E-state index is 9.08. The molecule has 0 saturated heterocycles. The lowest BCUT2D eigenvalue weighted by molar-refractivity contribution is 0.688. The lowest BCUT2D eigenvalue weighted by Gasteiger charge is -2.04. The number of rotatable bonds is 4. The molecule has 0 atom stereocenters. The number of nitrogens with zero attached hydrogens (tertiary/aromatic N) is 2. The van der Waals surface area contributed by atoms with Crippen molar-refractivity contribution in [1.82, 2.24) is 4.98 Å². The normalized spacial score (nSPS) is 10.3. The van der Waals surface area contributed by atoms with E-state index in [9.17, 15) is 0 Å². The molecule has 0 radical (unpaired) electrons. The van der Waals surface area contributed by atoms with Gasteiger partial charge in [-0.15, -0.1) is 0 Å².